The second-order valence-electron chi connectivity index (χ2n) is 6.96. The molecule has 3 rings (SSSR count). The third-order valence-electron chi connectivity index (χ3n) is 5.11. The fraction of sp³-hybridized carbons (Fsp3) is 0.579. The van der Waals surface area contributed by atoms with E-state index in [9.17, 15) is 0 Å². The number of methoxy groups -OCH3 is 1. The highest BCUT2D eigenvalue weighted by Crippen LogP contribution is 2.35. The Balaban J connectivity index is 1.86. The van der Waals surface area contributed by atoms with E-state index in [2.05, 4.69) is 19.0 Å². The SMILES string of the molecule is COCCn1nc(-c2ccccc2Cl)nc1C1CCC(N(C)C)CC1. The predicted octanol–water partition coefficient (Wildman–Crippen LogP) is 3.83. The maximum Gasteiger partial charge on any atom is 0.182 e. The predicted molar refractivity (Wildman–Crippen MR) is 101 cm³/mol. The first-order valence-electron chi connectivity index (χ1n) is 8.95. The van der Waals surface area contributed by atoms with Crippen LogP contribution in [-0.2, 0) is 11.3 Å². The monoisotopic (exact) mass is 362 g/mol. The number of halogens is 1. The van der Waals surface area contributed by atoms with E-state index in [1.807, 2.05) is 28.9 Å². The highest BCUT2D eigenvalue weighted by Gasteiger charge is 2.28. The molecule has 5 nitrogen and oxygen atoms in total. The summed E-state index contributed by atoms with van der Waals surface area (Å²) in [6, 6.07) is 8.44. The molecule has 1 aromatic carbocycles. The van der Waals surface area contributed by atoms with E-state index in [1.54, 1.807) is 7.11 Å². The van der Waals surface area contributed by atoms with Crippen molar-refractivity contribution in [2.75, 3.05) is 27.8 Å². The molecular weight excluding hydrogens is 336 g/mol. The molecule has 6 heteroatoms. The molecule has 0 aliphatic heterocycles. The Morgan fingerprint density at radius 3 is 2.56 bits per heavy atom. The number of benzene rings is 1. The van der Waals surface area contributed by atoms with Gasteiger partial charge in [0, 0.05) is 24.6 Å². The number of hydrogen-bond donors (Lipinski definition) is 0. The molecule has 2 aromatic rings. The lowest BCUT2D eigenvalue weighted by atomic mass is 9.85. The third-order valence-corrected chi connectivity index (χ3v) is 5.44. The van der Waals surface area contributed by atoms with Crippen LogP contribution in [0.2, 0.25) is 5.02 Å². The van der Waals surface area contributed by atoms with Gasteiger partial charge in [-0.15, -0.1) is 0 Å². The zero-order valence-electron chi connectivity index (χ0n) is 15.3. The van der Waals surface area contributed by atoms with E-state index in [0.29, 0.717) is 29.4 Å². The molecule has 0 atom stereocenters. The summed E-state index contributed by atoms with van der Waals surface area (Å²) in [6.45, 7) is 1.35. The third kappa shape index (κ3) is 4.22. The minimum Gasteiger partial charge on any atom is -0.383 e. The lowest BCUT2D eigenvalue weighted by Crippen LogP contribution is -2.32. The van der Waals surface area contributed by atoms with Crippen molar-refractivity contribution in [3.05, 3.63) is 35.1 Å². The molecule has 0 N–H and O–H groups in total. The van der Waals surface area contributed by atoms with Gasteiger partial charge >= 0.3 is 0 Å². The van der Waals surface area contributed by atoms with Gasteiger partial charge in [-0.2, -0.15) is 5.10 Å². The fourth-order valence-corrected chi connectivity index (χ4v) is 3.83. The smallest absolute Gasteiger partial charge is 0.182 e. The standard InChI is InChI=1S/C19H27ClN4O/c1-23(2)15-10-8-14(9-11-15)19-21-18(22-24(19)12-13-25-3)16-6-4-5-7-17(16)20/h4-7,14-15H,8-13H2,1-3H3. The molecule has 0 unspecified atom stereocenters. The van der Waals surface area contributed by atoms with Crippen LogP contribution in [0.4, 0.5) is 0 Å². The summed E-state index contributed by atoms with van der Waals surface area (Å²) >= 11 is 6.34. The van der Waals surface area contributed by atoms with Crippen LogP contribution in [0.1, 0.15) is 37.4 Å². The molecule has 1 aliphatic rings. The highest BCUT2D eigenvalue weighted by molar-refractivity contribution is 6.33. The second-order valence-corrected chi connectivity index (χ2v) is 7.37. The molecule has 1 aliphatic carbocycles. The van der Waals surface area contributed by atoms with Gasteiger partial charge in [0.15, 0.2) is 5.82 Å². The zero-order chi connectivity index (χ0) is 17.8. The van der Waals surface area contributed by atoms with Crippen molar-refractivity contribution >= 4 is 11.6 Å². The van der Waals surface area contributed by atoms with Gasteiger partial charge in [0.05, 0.1) is 18.2 Å². The Morgan fingerprint density at radius 1 is 1.20 bits per heavy atom. The Labute approximate surface area is 155 Å². The first-order valence-corrected chi connectivity index (χ1v) is 9.33. The summed E-state index contributed by atoms with van der Waals surface area (Å²) in [5, 5.41) is 5.43. The van der Waals surface area contributed by atoms with Crippen molar-refractivity contribution in [1.29, 1.82) is 0 Å². The summed E-state index contributed by atoms with van der Waals surface area (Å²) in [5.74, 6) is 2.24. The quantitative estimate of drug-likeness (QED) is 0.783. The zero-order valence-corrected chi connectivity index (χ0v) is 16.0. The van der Waals surface area contributed by atoms with Crippen molar-refractivity contribution in [2.45, 2.75) is 44.2 Å². The fourth-order valence-electron chi connectivity index (χ4n) is 3.61. The Bertz CT molecular complexity index is 692. The van der Waals surface area contributed by atoms with Crippen LogP contribution in [-0.4, -0.2) is 53.5 Å². The number of hydrogen-bond acceptors (Lipinski definition) is 4. The van der Waals surface area contributed by atoms with Gasteiger partial charge < -0.3 is 9.64 Å². The molecule has 0 bridgehead atoms. The maximum atomic E-state index is 6.34. The van der Waals surface area contributed by atoms with E-state index in [1.165, 1.54) is 12.8 Å². The molecule has 0 radical (unpaired) electrons. The Hall–Kier alpha value is -1.43. The van der Waals surface area contributed by atoms with Gasteiger partial charge in [-0.25, -0.2) is 9.67 Å². The number of ether oxygens (including phenoxy) is 1. The van der Waals surface area contributed by atoms with Crippen molar-refractivity contribution in [3.8, 4) is 11.4 Å². The topological polar surface area (TPSA) is 43.2 Å². The van der Waals surface area contributed by atoms with Gasteiger partial charge in [-0.05, 0) is 51.9 Å². The first kappa shape index (κ1) is 18.4. The van der Waals surface area contributed by atoms with Crippen molar-refractivity contribution < 1.29 is 4.74 Å². The van der Waals surface area contributed by atoms with Gasteiger partial charge in [0.1, 0.15) is 5.82 Å². The minimum atomic E-state index is 0.455. The Kier molecular flexibility index (Phi) is 6.10. The van der Waals surface area contributed by atoms with Crippen LogP contribution >= 0.6 is 11.6 Å². The average molecular weight is 363 g/mol. The molecule has 1 heterocycles. The Morgan fingerprint density at radius 2 is 1.92 bits per heavy atom. The number of aromatic nitrogens is 3. The van der Waals surface area contributed by atoms with Gasteiger partial charge in [0.2, 0.25) is 0 Å². The summed E-state index contributed by atoms with van der Waals surface area (Å²) in [7, 11) is 6.05. The molecule has 1 saturated carbocycles. The molecule has 0 amide bonds. The number of nitrogens with zero attached hydrogens (tertiary/aromatic N) is 4. The molecule has 0 saturated heterocycles. The van der Waals surface area contributed by atoms with Crippen LogP contribution < -0.4 is 0 Å². The van der Waals surface area contributed by atoms with E-state index in [0.717, 1.165) is 30.8 Å². The van der Waals surface area contributed by atoms with E-state index in [4.69, 9.17) is 26.4 Å². The van der Waals surface area contributed by atoms with E-state index in [-0.39, 0.29) is 0 Å². The molecular formula is C19H27ClN4O. The second kappa shape index (κ2) is 8.30. The van der Waals surface area contributed by atoms with Crippen molar-refractivity contribution in [2.24, 2.45) is 0 Å². The van der Waals surface area contributed by atoms with Crippen molar-refractivity contribution in [1.82, 2.24) is 19.7 Å². The summed E-state index contributed by atoms with van der Waals surface area (Å²) < 4.78 is 7.27. The maximum absolute atomic E-state index is 6.34. The van der Waals surface area contributed by atoms with Crippen LogP contribution in [0.3, 0.4) is 0 Å². The van der Waals surface area contributed by atoms with Crippen molar-refractivity contribution in [3.63, 3.8) is 0 Å². The lowest BCUT2D eigenvalue weighted by molar-refractivity contribution is 0.178. The lowest BCUT2D eigenvalue weighted by Gasteiger charge is -2.32. The van der Waals surface area contributed by atoms with Crippen LogP contribution in [0.25, 0.3) is 11.4 Å². The molecule has 1 aromatic heterocycles. The van der Waals surface area contributed by atoms with Crippen LogP contribution in [0.5, 0.6) is 0 Å². The summed E-state index contributed by atoms with van der Waals surface area (Å²) in [6.07, 6.45) is 4.71. The first-order chi connectivity index (χ1) is 12.1. The van der Waals surface area contributed by atoms with E-state index >= 15 is 0 Å². The van der Waals surface area contributed by atoms with Gasteiger partial charge in [0.25, 0.3) is 0 Å². The molecule has 136 valence electrons. The molecule has 25 heavy (non-hydrogen) atoms. The highest BCUT2D eigenvalue weighted by atomic mass is 35.5. The normalized spacial score (nSPS) is 21.0. The number of rotatable bonds is 6. The largest absolute Gasteiger partial charge is 0.383 e. The van der Waals surface area contributed by atoms with Crippen LogP contribution in [0, 0.1) is 0 Å². The van der Waals surface area contributed by atoms with Crippen LogP contribution in [0.15, 0.2) is 24.3 Å². The molecule has 0 spiro atoms. The summed E-state index contributed by atoms with van der Waals surface area (Å²) in [5.41, 5.74) is 0.892. The van der Waals surface area contributed by atoms with E-state index < -0.39 is 0 Å². The van der Waals surface area contributed by atoms with Gasteiger partial charge in [-0.1, -0.05) is 23.7 Å². The summed E-state index contributed by atoms with van der Waals surface area (Å²) in [4.78, 5) is 7.22. The minimum absolute atomic E-state index is 0.455. The average Bonchev–Trinajstić information content (AvgIpc) is 3.04. The van der Waals surface area contributed by atoms with Gasteiger partial charge in [-0.3, -0.25) is 0 Å². The molecule has 1 fully saturated rings.